The summed E-state index contributed by atoms with van der Waals surface area (Å²) >= 11 is 0. The van der Waals surface area contributed by atoms with E-state index in [4.69, 9.17) is 9.97 Å². The zero-order valence-corrected chi connectivity index (χ0v) is 18.3. The number of likely N-dealkylation sites (tertiary alicyclic amines) is 1. The summed E-state index contributed by atoms with van der Waals surface area (Å²) in [4.78, 5) is 14.8. The van der Waals surface area contributed by atoms with Crippen molar-refractivity contribution in [2.75, 3.05) is 27.2 Å². The van der Waals surface area contributed by atoms with Crippen molar-refractivity contribution in [1.82, 2.24) is 24.3 Å². The first-order valence-electron chi connectivity index (χ1n) is 11.5. The topological polar surface area (TPSA) is 37.2 Å². The van der Waals surface area contributed by atoms with Crippen LogP contribution in [0.15, 0.2) is 42.6 Å². The molecule has 0 bridgehead atoms. The molecule has 2 aromatic heterocycles. The molecular weight excluding hydrogens is 370 g/mol. The molecule has 5 nitrogen and oxygen atoms in total. The number of rotatable bonds is 5. The molecule has 1 aromatic carbocycles. The lowest BCUT2D eigenvalue weighted by Gasteiger charge is -2.33. The Kier molecular flexibility index (Phi) is 5.57. The maximum atomic E-state index is 5.08. The second kappa shape index (κ2) is 8.48. The number of benzene rings is 1. The molecule has 3 aromatic rings. The van der Waals surface area contributed by atoms with Gasteiger partial charge in [0.15, 0.2) is 0 Å². The van der Waals surface area contributed by atoms with Crippen LogP contribution in [0.3, 0.4) is 0 Å². The third-order valence-corrected chi connectivity index (χ3v) is 6.98. The van der Waals surface area contributed by atoms with Gasteiger partial charge in [0.25, 0.3) is 0 Å². The van der Waals surface area contributed by atoms with Gasteiger partial charge in [0.1, 0.15) is 5.82 Å². The molecule has 1 aliphatic heterocycles. The fourth-order valence-corrected chi connectivity index (χ4v) is 5.48. The largest absolute Gasteiger partial charge is 0.327 e. The Bertz CT molecular complexity index is 1010. The van der Waals surface area contributed by atoms with E-state index in [0.29, 0.717) is 12.0 Å². The number of piperidine rings is 1. The Hall–Kier alpha value is -2.24. The number of nitrogens with zero attached hydrogens (tertiary/aromatic N) is 5. The van der Waals surface area contributed by atoms with Gasteiger partial charge < -0.3 is 9.47 Å². The predicted molar refractivity (Wildman–Crippen MR) is 121 cm³/mol. The van der Waals surface area contributed by atoms with Gasteiger partial charge in [0.2, 0.25) is 0 Å². The molecule has 158 valence electrons. The monoisotopic (exact) mass is 403 g/mol. The molecule has 2 atom stereocenters. The summed E-state index contributed by atoms with van der Waals surface area (Å²) < 4.78 is 2.50. The summed E-state index contributed by atoms with van der Waals surface area (Å²) in [6.45, 7) is 4.33. The number of aryl methyl sites for hydroxylation is 1. The van der Waals surface area contributed by atoms with E-state index in [1.165, 1.54) is 61.4 Å². The highest BCUT2D eigenvalue weighted by Crippen LogP contribution is 2.33. The lowest BCUT2D eigenvalue weighted by atomic mass is 9.91. The molecule has 1 aliphatic carbocycles. The predicted octanol–water partition coefficient (Wildman–Crippen LogP) is 4.28. The highest BCUT2D eigenvalue weighted by atomic mass is 15.2. The van der Waals surface area contributed by atoms with Crippen molar-refractivity contribution < 1.29 is 0 Å². The minimum Gasteiger partial charge on any atom is -0.327 e. The van der Waals surface area contributed by atoms with Gasteiger partial charge in [0.05, 0.1) is 29.3 Å². The Balaban J connectivity index is 1.43. The highest BCUT2D eigenvalue weighted by molar-refractivity contribution is 5.75. The van der Waals surface area contributed by atoms with Gasteiger partial charge in [-0.15, -0.1) is 0 Å². The van der Waals surface area contributed by atoms with Crippen LogP contribution in [0.5, 0.6) is 0 Å². The van der Waals surface area contributed by atoms with E-state index in [0.717, 1.165) is 25.0 Å². The van der Waals surface area contributed by atoms with E-state index in [1.807, 2.05) is 6.20 Å². The van der Waals surface area contributed by atoms with Crippen LogP contribution in [-0.4, -0.2) is 51.5 Å². The van der Waals surface area contributed by atoms with Gasteiger partial charge in [-0.25, -0.2) is 4.98 Å². The Morgan fingerprint density at radius 3 is 2.90 bits per heavy atom. The van der Waals surface area contributed by atoms with Crippen molar-refractivity contribution in [2.24, 2.45) is 5.92 Å². The molecule has 5 heteroatoms. The van der Waals surface area contributed by atoms with E-state index in [-0.39, 0.29) is 0 Å². The number of imidazole rings is 1. The summed E-state index contributed by atoms with van der Waals surface area (Å²) in [5.41, 5.74) is 5.07. The zero-order chi connectivity index (χ0) is 20.5. The maximum Gasteiger partial charge on any atom is 0.124 e. The van der Waals surface area contributed by atoms with Crippen LogP contribution in [0.1, 0.15) is 48.8 Å². The molecule has 0 amide bonds. The first-order chi connectivity index (χ1) is 14.7. The van der Waals surface area contributed by atoms with Crippen LogP contribution < -0.4 is 0 Å². The van der Waals surface area contributed by atoms with Crippen LogP contribution in [0.4, 0.5) is 0 Å². The molecule has 0 N–H and O–H groups in total. The molecule has 1 fully saturated rings. The lowest BCUT2D eigenvalue weighted by Crippen LogP contribution is -2.35. The lowest BCUT2D eigenvalue weighted by molar-refractivity contribution is 0.184. The molecule has 3 heterocycles. The minimum atomic E-state index is 0.379. The van der Waals surface area contributed by atoms with Crippen LogP contribution in [-0.2, 0) is 19.5 Å². The number of para-hydroxylation sites is 2. The molecule has 2 aliphatic rings. The van der Waals surface area contributed by atoms with Crippen LogP contribution in [0, 0.1) is 5.92 Å². The number of aromatic nitrogens is 3. The molecule has 0 saturated carbocycles. The van der Waals surface area contributed by atoms with Gasteiger partial charge in [-0.1, -0.05) is 18.2 Å². The number of hydrogen-bond acceptors (Lipinski definition) is 4. The molecule has 0 spiro atoms. The average molecular weight is 404 g/mol. The quantitative estimate of drug-likeness (QED) is 0.637. The molecule has 5 rings (SSSR count). The van der Waals surface area contributed by atoms with Gasteiger partial charge in [-0.3, -0.25) is 9.88 Å². The van der Waals surface area contributed by atoms with Gasteiger partial charge in [-0.2, -0.15) is 0 Å². The van der Waals surface area contributed by atoms with Crippen molar-refractivity contribution >= 4 is 11.0 Å². The standard InChI is InChI=1S/C25H33N5/c1-28-15-7-8-19(16-28)17-30-22-12-4-3-11-21(22)27-24(30)18-29(2)23-13-5-9-20-10-6-14-26-25(20)23/h3-4,6,10-12,14,19,23H,5,7-9,13,15-18H2,1-2H3/t19-,23?/m0/s1. The van der Waals surface area contributed by atoms with Crippen LogP contribution >= 0.6 is 0 Å². The van der Waals surface area contributed by atoms with E-state index in [9.17, 15) is 0 Å². The second-order valence-corrected chi connectivity index (χ2v) is 9.27. The highest BCUT2D eigenvalue weighted by Gasteiger charge is 2.27. The number of hydrogen-bond donors (Lipinski definition) is 0. The smallest absolute Gasteiger partial charge is 0.124 e. The normalized spacial score (nSPS) is 22.5. The SMILES string of the molecule is CN1CCC[C@H](Cn2c(CN(C)C3CCCc4cccnc43)nc3ccccc32)C1. The Morgan fingerprint density at radius 2 is 2.00 bits per heavy atom. The van der Waals surface area contributed by atoms with E-state index in [2.05, 4.69) is 64.9 Å². The maximum absolute atomic E-state index is 5.08. The fourth-order valence-electron chi connectivity index (χ4n) is 5.48. The first-order valence-corrected chi connectivity index (χ1v) is 11.5. The fraction of sp³-hybridized carbons (Fsp3) is 0.520. The molecular formula is C25H33N5. The van der Waals surface area contributed by atoms with E-state index >= 15 is 0 Å². The van der Waals surface area contributed by atoms with Crippen LogP contribution in [0.25, 0.3) is 11.0 Å². The number of pyridine rings is 1. The summed E-state index contributed by atoms with van der Waals surface area (Å²) in [5, 5.41) is 0. The second-order valence-electron chi connectivity index (χ2n) is 9.27. The molecule has 1 unspecified atom stereocenters. The third kappa shape index (κ3) is 3.88. The summed E-state index contributed by atoms with van der Waals surface area (Å²) in [6, 6.07) is 13.3. The zero-order valence-electron chi connectivity index (χ0n) is 18.3. The van der Waals surface area contributed by atoms with Gasteiger partial charge in [0, 0.05) is 19.3 Å². The summed E-state index contributed by atoms with van der Waals surface area (Å²) in [5.74, 6) is 1.89. The van der Waals surface area contributed by atoms with E-state index < -0.39 is 0 Å². The van der Waals surface area contributed by atoms with Crippen molar-refractivity contribution in [1.29, 1.82) is 0 Å². The van der Waals surface area contributed by atoms with Gasteiger partial charge >= 0.3 is 0 Å². The molecule has 0 radical (unpaired) electrons. The van der Waals surface area contributed by atoms with E-state index in [1.54, 1.807) is 0 Å². The third-order valence-electron chi connectivity index (χ3n) is 6.98. The Morgan fingerprint density at radius 1 is 1.10 bits per heavy atom. The van der Waals surface area contributed by atoms with Crippen molar-refractivity contribution in [2.45, 2.75) is 51.2 Å². The summed E-state index contributed by atoms with van der Waals surface area (Å²) in [6.07, 6.45) is 8.12. The average Bonchev–Trinajstić information content (AvgIpc) is 3.10. The van der Waals surface area contributed by atoms with Gasteiger partial charge in [-0.05, 0) is 82.4 Å². The van der Waals surface area contributed by atoms with Crippen molar-refractivity contribution in [3.63, 3.8) is 0 Å². The minimum absolute atomic E-state index is 0.379. The van der Waals surface area contributed by atoms with Crippen molar-refractivity contribution in [3.8, 4) is 0 Å². The van der Waals surface area contributed by atoms with Crippen molar-refractivity contribution in [3.05, 3.63) is 59.7 Å². The first kappa shape index (κ1) is 19.7. The molecule has 1 saturated heterocycles. The molecule has 30 heavy (non-hydrogen) atoms. The summed E-state index contributed by atoms with van der Waals surface area (Å²) in [7, 11) is 4.49. The Labute approximate surface area is 179 Å². The van der Waals surface area contributed by atoms with Crippen LogP contribution in [0.2, 0.25) is 0 Å². The number of fused-ring (bicyclic) bond motifs is 2.